The van der Waals surface area contributed by atoms with Crippen molar-refractivity contribution in [3.63, 3.8) is 0 Å². The first kappa shape index (κ1) is 18.5. The molecule has 0 bridgehead atoms. The Labute approximate surface area is 132 Å². The minimum atomic E-state index is -0.851. The number of likely N-dealkylation sites (tertiary alicyclic amines) is 1. The van der Waals surface area contributed by atoms with Crippen LogP contribution in [0.5, 0.6) is 0 Å². The number of nitrogens with zero attached hydrogens (tertiary/aromatic N) is 2. The topological polar surface area (TPSA) is 77.9 Å². The molecule has 1 unspecified atom stereocenters. The third-order valence-corrected chi connectivity index (χ3v) is 4.54. The number of carboxylic acids is 1. The smallest absolute Gasteiger partial charge is 0.308 e. The van der Waals surface area contributed by atoms with Gasteiger partial charge in [-0.2, -0.15) is 0 Å². The maximum absolute atomic E-state index is 12.2. The molecule has 0 aromatic carbocycles. The van der Waals surface area contributed by atoms with Gasteiger partial charge in [-0.25, -0.2) is 0 Å². The molecular weight excluding hydrogens is 284 g/mol. The fraction of sp³-hybridized carbons (Fsp3) is 0.812. The van der Waals surface area contributed by atoms with Crippen molar-refractivity contribution < 1.29 is 19.5 Å². The molecule has 1 aliphatic heterocycles. The van der Waals surface area contributed by atoms with Gasteiger partial charge in [-0.05, 0) is 18.8 Å². The molecule has 1 N–H and O–H groups in total. The number of hydrogen-bond donors (Lipinski definition) is 1. The van der Waals surface area contributed by atoms with Gasteiger partial charge in [0.15, 0.2) is 0 Å². The molecule has 0 aromatic heterocycles. The molecular formula is C16H28N2O4. The largest absolute Gasteiger partial charge is 0.481 e. The van der Waals surface area contributed by atoms with Crippen LogP contribution in [0.15, 0.2) is 0 Å². The maximum Gasteiger partial charge on any atom is 0.308 e. The van der Waals surface area contributed by atoms with E-state index in [2.05, 4.69) is 13.8 Å². The van der Waals surface area contributed by atoms with E-state index < -0.39 is 11.9 Å². The number of piperidine rings is 1. The number of amides is 2. The van der Waals surface area contributed by atoms with E-state index >= 15 is 0 Å². The zero-order valence-corrected chi connectivity index (χ0v) is 13.9. The zero-order valence-electron chi connectivity index (χ0n) is 13.9. The lowest BCUT2D eigenvalue weighted by molar-refractivity contribution is -0.147. The predicted molar refractivity (Wildman–Crippen MR) is 83.3 cm³/mol. The van der Waals surface area contributed by atoms with E-state index in [1.54, 1.807) is 11.9 Å². The van der Waals surface area contributed by atoms with Crippen LogP contribution >= 0.6 is 0 Å². The molecule has 2 amide bonds. The van der Waals surface area contributed by atoms with Gasteiger partial charge in [-0.15, -0.1) is 0 Å². The quantitative estimate of drug-likeness (QED) is 0.774. The summed E-state index contributed by atoms with van der Waals surface area (Å²) in [5.41, 5.74) is 0. The SMILES string of the molecule is CCC(CC)CC(=O)N(C)CC(=O)N1CCCC(C(=O)O)C1. The molecule has 126 valence electrons. The summed E-state index contributed by atoms with van der Waals surface area (Å²) in [6, 6.07) is 0. The lowest BCUT2D eigenvalue weighted by Crippen LogP contribution is -2.47. The van der Waals surface area contributed by atoms with Gasteiger partial charge in [0.05, 0.1) is 12.5 Å². The Morgan fingerprint density at radius 2 is 1.91 bits per heavy atom. The highest BCUT2D eigenvalue weighted by Gasteiger charge is 2.29. The minimum Gasteiger partial charge on any atom is -0.481 e. The molecule has 0 aromatic rings. The van der Waals surface area contributed by atoms with Crippen LogP contribution in [0.3, 0.4) is 0 Å². The summed E-state index contributed by atoms with van der Waals surface area (Å²) in [7, 11) is 1.64. The van der Waals surface area contributed by atoms with Crippen LogP contribution in [-0.4, -0.2) is 59.4 Å². The molecule has 1 heterocycles. The van der Waals surface area contributed by atoms with E-state index in [1.165, 1.54) is 4.90 Å². The summed E-state index contributed by atoms with van der Waals surface area (Å²) in [5, 5.41) is 9.06. The van der Waals surface area contributed by atoms with Crippen molar-refractivity contribution in [2.24, 2.45) is 11.8 Å². The van der Waals surface area contributed by atoms with E-state index in [4.69, 9.17) is 5.11 Å². The van der Waals surface area contributed by atoms with Crippen molar-refractivity contribution in [3.8, 4) is 0 Å². The Morgan fingerprint density at radius 3 is 2.45 bits per heavy atom. The van der Waals surface area contributed by atoms with Crippen LogP contribution < -0.4 is 0 Å². The molecule has 1 rings (SSSR count). The van der Waals surface area contributed by atoms with Crippen molar-refractivity contribution in [1.29, 1.82) is 0 Å². The Morgan fingerprint density at radius 1 is 1.27 bits per heavy atom. The molecule has 22 heavy (non-hydrogen) atoms. The zero-order chi connectivity index (χ0) is 16.7. The Balaban J connectivity index is 2.49. The van der Waals surface area contributed by atoms with Crippen LogP contribution in [0.25, 0.3) is 0 Å². The highest BCUT2D eigenvalue weighted by Crippen LogP contribution is 2.17. The van der Waals surface area contributed by atoms with Crippen molar-refractivity contribution >= 4 is 17.8 Å². The number of hydrogen-bond acceptors (Lipinski definition) is 3. The number of carbonyl (C=O) groups excluding carboxylic acids is 2. The van der Waals surface area contributed by atoms with Crippen molar-refractivity contribution in [3.05, 3.63) is 0 Å². The molecule has 0 radical (unpaired) electrons. The number of rotatable bonds is 7. The molecule has 1 saturated heterocycles. The number of likely N-dealkylation sites (N-methyl/N-ethyl adjacent to an activating group) is 1. The van der Waals surface area contributed by atoms with Crippen LogP contribution in [0.4, 0.5) is 0 Å². The van der Waals surface area contributed by atoms with E-state index in [0.29, 0.717) is 31.7 Å². The van der Waals surface area contributed by atoms with Crippen LogP contribution in [-0.2, 0) is 14.4 Å². The normalized spacial score (nSPS) is 18.4. The van der Waals surface area contributed by atoms with Gasteiger partial charge in [0.2, 0.25) is 11.8 Å². The second-order valence-electron chi connectivity index (χ2n) is 6.15. The third-order valence-electron chi connectivity index (χ3n) is 4.54. The van der Waals surface area contributed by atoms with Gasteiger partial charge in [0.1, 0.15) is 0 Å². The summed E-state index contributed by atoms with van der Waals surface area (Å²) < 4.78 is 0. The minimum absolute atomic E-state index is 0.0196. The first-order valence-electron chi connectivity index (χ1n) is 8.13. The van der Waals surface area contributed by atoms with Gasteiger partial charge in [0, 0.05) is 26.6 Å². The maximum atomic E-state index is 12.2. The van der Waals surface area contributed by atoms with Gasteiger partial charge in [-0.1, -0.05) is 26.7 Å². The lowest BCUT2D eigenvalue weighted by Gasteiger charge is -2.32. The third kappa shape index (κ3) is 5.31. The summed E-state index contributed by atoms with van der Waals surface area (Å²) in [4.78, 5) is 38.4. The molecule has 1 fully saturated rings. The number of carbonyl (C=O) groups is 3. The molecule has 6 heteroatoms. The Kier molecular flexibility index (Phi) is 7.35. The Bertz CT molecular complexity index is 407. The molecule has 1 aliphatic rings. The molecule has 1 atom stereocenters. The molecule has 0 spiro atoms. The molecule has 6 nitrogen and oxygen atoms in total. The van der Waals surface area contributed by atoms with Crippen LogP contribution in [0, 0.1) is 11.8 Å². The fourth-order valence-corrected chi connectivity index (χ4v) is 2.78. The fourth-order valence-electron chi connectivity index (χ4n) is 2.78. The molecule has 0 saturated carbocycles. The van der Waals surface area contributed by atoms with Crippen LogP contribution in [0.2, 0.25) is 0 Å². The monoisotopic (exact) mass is 312 g/mol. The van der Waals surface area contributed by atoms with Crippen molar-refractivity contribution in [2.45, 2.75) is 46.0 Å². The number of carboxylic acid groups (broad SMARTS) is 1. The first-order valence-corrected chi connectivity index (χ1v) is 8.13. The molecule has 0 aliphatic carbocycles. The summed E-state index contributed by atoms with van der Waals surface area (Å²) in [6.07, 6.45) is 3.69. The van der Waals surface area contributed by atoms with Gasteiger partial charge in [0.25, 0.3) is 0 Å². The average Bonchev–Trinajstić information content (AvgIpc) is 2.52. The Hall–Kier alpha value is -1.59. The number of aliphatic carboxylic acids is 1. The van der Waals surface area contributed by atoms with Gasteiger partial charge in [-0.3, -0.25) is 14.4 Å². The van der Waals surface area contributed by atoms with Crippen LogP contribution in [0.1, 0.15) is 46.0 Å². The first-order chi connectivity index (χ1) is 10.4. The second kappa shape index (κ2) is 8.76. The van der Waals surface area contributed by atoms with Crippen molar-refractivity contribution in [1.82, 2.24) is 9.80 Å². The lowest BCUT2D eigenvalue weighted by atomic mass is 9.98. The van der Waals surface area contributed by atoms with Crippen molar-refractivity contribution in [2.75, 3.05) is 26.7 Å². The summed E-state index contributed by atoms with van der Waals surface area (Å²) >= 11 is 0. The van der Waals surface area contributed by atoms with E-state index in [1.807, 2.05) is 0 Å². The summed E-state index contributed by atoms with van der Waals surface area (Å²) in [5.74, 6) is -1.16. The van der Waals surface area contributed by atoms with E-state index in [9.17, 15) is 14.4 Å². The van der Waals surface area contributed by atoms with E-state index in [-0.39, 0.29) is 24.9 Å². The predicted octanol–water partition coefficient (Wildman–Crippen LogP) is 1.59. The van der Waals surface area contributed by atoms with Gasteiger partial charge >= 0.3 is 5.97 Å². The van der Waals surface area contributed by atoms with Gasteiger partial charge < -0.3 is 14.9 Å². The second-order valence-corrected chi connectivity index (χ2v) is 6.15. The highest BCUT2D eigenvalue weighted by molar-refractivity contribution is 5.85. The standard InChI is InChI=1S/C16H28N2O4/c1-4-12(5-2)9-14(19)17(3)11-15(20)18-8-6-7-13(10-18)16(21)22/h12-13H,4-11H2,1-3H3,(H,21,22). The average molecular weight is 312 g/mol. The van der Waals surface area contributed by atoms with E-state index in [0.717, 1.165) is 12.8 Å². The summed E-state index contributed by atoms with van der Waals surface area (Å²) in [6.45, 7) is 4.99. The highest BCUT2D eigenvalue weighted by atomic mass is 16.4.